The summed E-state index contributed by atoms with van der Waals surface area (Å²) in [6, 6.07) is 19.4. The van der Waals surface area contributed by atoms with E-state index in [4.69, 9.17) is 4.42 Å². The fraction of sp³-hybridized carbons (Fsp3) is 0.423. The summed E-state index contributed by atoms with van der Waals surface area (Å²) in [5.41, 5.74) is 3.57. The molecule has 4 heteroatoms. The Morgan fingerprint density at radius 2 is 1.90 bits per heavy atom. The van der Waals surface area contributed by atoms with Crippen LogP contribution in [-0.2, 0) is 17.6 Å². The first kappa shape index (κ1) is 20.5. The van der Waals surface area contributed by atoms with E-state index in [1.165, 1.54) is 16.6 Å². The minimum Gasteiger partial charge on any atom is -0.461 e. The van der Waals surface area contributed by atoms with E-state index in [2.05, 4.69) is 64.8 Å². The molecule has 1 fully saturated rings. The number of nitrogens with one attached hydrogen (secondary N) is 1. The molecule has 0 bridgehead atoms. The standard InChI is InChI=1S/C26H32N2O2/c1-19(2)26(29)27-21-15-16-28(18-21)24-13-8-14-25-23(24)17-22(30-25)12-7-6-11-20-9-4-3-5-10-20/h3-5,8-10,13-14,17,19,21H,6-7,11-12,15-16,18H2,1-2H3,(H,27,29)/t21-/m0/s1. The molecule has 0 aliphatic carbocycles. The van der Waals surface area contributed by atoms with Crippen molar-refractivity contribution in [2.24, 2.45) is 5.92 Å². The predicted octanol–water partition coefficient (Wildman–Crippen LogP) is 5.35. The van der Waals surface area contributed by atoms with Crippen molar-refractivity contribution in [3.63, 3.8) is 0 Å². The van der Waals surface area contributed by atoms with E-state index >= 15 is 0 Å². The highest BCUT2D eigenvalue weighted by Gasteiger charge is 2.26. The summed E-state index contributed by atoms with van der Waals surface area (Å²) < 4.78 is 6.15. The van der Waals surface area contributed by atoms with Crippen LogP contribution in [0.15, 0.2) is 59.0 Å². The number of nitrogens with zero attached hydrogens (tertiary/aromatic N) is 1. The third kappa shape index (κ3) is 4.86. The minimum atomic E-state index is 0.0285. The quantitative estimate of drug-likeness (QED) is 0.515. The lowest BCUT2D eigenvalue weighted by atomic mass is 10.1. The number of aryl methyl sites for hydroxylation is 2. The molecule has 1 amide bonds. The molecule has 0 spiro atoms. The Morgan fingerprint density at radius 3 is 2.70 bits per heavy atom. The maximum absolute atomic E-state index is 12.0. The zero-order chi connectivity index (χ0) is 20.9. The molecule has 3 aromatic rings. The summed E-state index contributed by atoms with van der Waals surface area (Å²) in [5.74, 6) is 1.23. The van der Waals surface area contributed by atoms with Gasteiger partial charge in [0.15, 0.2) is 0 Å². The number of hydrogen-bond acceptors (Lipinski definition) is 3. The molecule has 0 saturated carbocycles. The van der Waals surface area contributed by atoms with Crippen molar-refractivity contribution in [2.75, 3.05) is 18.0 Å². The van der Waals surface area contributed by atoms with Crippen LogP contribution in [0.25, 0.3) is 11.0 Å². The minimum absolute atomic E-state index is 0.0285. The zero-order valence-electron chi connectivity index (χ0n) is 18.1. The lowest BCUT2D eigenvalue weighted by Crippen LogP contribution is -2.39. The van der Waals surface area contributed by atoms with Gasteiger partial charge < -0.3 is 14.6 Å². The first-order valence-electron chi connectivity index (χ1n) is 11.2. The highest BCUT2D eigenvalue weighted by Crippen LogP contribution is 2.32. The molecule has 0 unspecified atom stereocenters. The second-order valence-corrected chi connectivity index (χ2v) is 8.69. The van der Waals surface area contributed by atoms with Crippen molar-refractivity contribution >= 4 is 22.6 Å². The van der Waals surface area contributed by atoms with Crippen LogP contribution in [-0.4, -0.2) is 25.0 Å². The molecule has 2 aromatic carbocycles. The van der Waals surface area contributed by atoms with Gasteiger partial charge >= 0.3 is 0 Å². The van der Waals surface area contributed by atoms with Crippen LogP contribution in [0.3, 0.4) is 0 Å². The maximum atomic E-state index is 12.0. The lowest BCUT2D eigenvalue weighted by molar-refractivity contribution is -0.124. The Hall–Kier alpha value is -2.75. The van der Waals surface area contributed by atoms with Crippen molar-refractivity contribution in [3.05, 3.63) is 65.9 Å². The van der Waals surface area contributed by atoms with E-state index in [0.29, 0.717) is 0 Å². The van der Waals surface area contributed by atoms with Crippen molar-refractivity contribution in [1.82, 2.24) is 5.32 Å². The number of anilines is 1. The van der Waals surface area contributed by atoms with Crippen molar-refractivity contribution < 1.29 is 9.21 Å². The van der Waals surface area contributed by atoms with Crippen molar-refractivity contribution in [3.8, 4) is 0 Å². The normalized spacial score (nSPS) is 16.5. The van der Waals surface area contributed by atoms with Gasteiger partial charge in [0, 0.05) is 42.5 Å². The number of furan rings is 1. The molecule has 1 saturated heterocycles. The molecule has 1 aliphatic heterocycles. The molecule has 1 aliphatic rings. The summed E-state index contributed by atoms with van der Waals surface area (Å²) in [7, 11) is 0. The zero-order valence-corrected chi connectivity index (χ0v) is 18.1. The summed E-state index contributed by atoms with van der Waals surface area (Å²) in [6.45, 7) is 5.69. The van der Waals surface area contributed by atoms with Gasteiger partial charge in [-0.15, -0.1) is 0 Å². The molecule has 0 radical (unpaired) electrons. The van der Waals surface area contributed by atoms with Crippen LogP contribution in [0.2, 0.25) is 0 Å². The molecule has 2 heterocycles. The van der Waals surface area contributed by atoms with E-state index < -0.39 is 0 Å². The van der Waals surface area contributed by atoms with Gasteiger partial charge in [0.25, 0.3) is 0 Å². The van der Waals surface area contributed by atoms with Gasteiger partial charge in [-0.2, -0.15) is 0 Å². The van der Waals surface area contributed by atoms with Crippen LogP contribution in [0.5, 0.6) is 0 Å². The third-order valence-electron chi connectivity index (χ3n) is 5.97. The monoisotopic (exact) mass is 404 g/mol. The van der Waals surface area contributed by atoms with Gasteiger partial charge in [0.2, 0.25) is 5.91 Å². The van der Waals surface area contributed by atoms with Gasteiger partial charge in [0.1, 0.15) is 11.3 Å². The van der Waals surface area contributed by atoms with E-state index in [0.717, 1.165) is 56.5 Å². The largest absolute Gasteiger partial charge is 0.461 e. The van der Waals surface area contributed by atoms with Crippen LogP contribution in [0.1, 0.15) is 44.4 Å². The lowest BCUT2D eigenvalue weighted by Gasteiger charge is -2.20. The Balaban J connectivity index is 1.37. The summed E-state index contributed by atoms with van der Waals surface area (Å²) in [6.07, 6.45) is 5.35. The number of unbranched alkanes of at least 4 members (excludes halogenated alkanes) is 1. The van der Waals surface area contributed by atoms with Gasteiger partial charge in [-0.1, -0.05) is 50.2 Å². The smallest absolute Gasteiger partial charge is 0.222 e. The van der Waals surface area contributed by atoms with E-state index in [1.807, 2.05) is 13.8 Å². The Bertz CT molecular complexity index is 977. The van der Waals surface area contributed by atoms with Crippen LogP contribution in [0.4, 0.5) is 5.69 Å². The second-order valence-electron chi connectivity index (χ2n) is 8.69. The van der Waals surface area contributed by atoms with Crippen LogP contribution < -0.4 is 10.2 Å². The molecule has 158 valence electrons. The SMILES string of the molecule is CC(C)C(=O)N[C@H]1CCN(c2cccc3oc(CCCCc4ccccc4)cc23)C1. The number of hydrogen-bond donors (Lipinski definition) is 1. The van der Waals surface area contributed by atoms with Gasteiger partial charge in [-0.05, 0) is 49.4 Å². The molecular formula is C26H32N2O2. The Kier molecular flexibility index (Phi) is 6.41. The van der Waals surface area contributed by atoms with Gasteiger partial charge in [0.05, 0.1) is 0 Å². The molecule has 1 atom stereocenters. The number of fused-ring (bicyclic) bond motifs is 1. The number of rotatable bonds is 8. The molecule has 30 heavy (non-hydrogen) atoms. The van der Waals surface area contributed by atoms with Gasteiger partial charge in [-0.3, -0.25) is 4.79 Å². The fourth-order valence-electron chi connectivity index (χ4n) is 4.23. The highest BCUT2D eigenvalue weighted by atomic mass is 16.3. The van der Waals surface area contributed by atoms with Gasteiger partial charge in [-0.25, -0.2) is 0 Å². The Labute approximate surface area is 179 Å². The third-order valence-corrected chi connectivity index (χ3v) is 5.97. The summed E-state index contributed by atoms with van der Waals surface area (Å²) in [4.78, 5) is 14.4. The fourth-order valence-corrected chi connectivity index (χ4v) is 4.23. The van der Waals surface area contributed by atoms with E-state index in [1.54, 1.807) is 0 Å². The second kappa shape index (κ2) is 9.38. The maximum Gasteiger partial charge on any atom is 0.222 e. The number of amides is 1. The Morgan fingerprint density at radius 1 is 1.10 bits per heavy atom. The van der Waals surface area contributed by atoms with E-state index in [9.17, 15) is 4.79 Å². The molecule has 1 N–H and O–H groups in total. The summed E-state index contributed by atoms with van der Waals surface area (Å²) >= 11 is 0. The molecule has 4 rings (SSSR count). The summed E-state index contributed by atoms with van der Waals surface area (Å²) in [5, 5.41) is 4.36. The molecular weight excluding hydrogens is 372 g/mol. The topological polar surface area (TPSA) is 45.5 Å². The van der Waals surface area contributed by atoms with Crippen LogP contribution >= 0.6 is 0 Å². The van der Waals surface area contributed by atoms with Crippen LogP contribution in [0, 0.1) is 5.92 Å². The average Bonchev–Trinajstić information content (AvgIpc) is 3.38. The van der Waals surface area contributed by atoms with Crippen molar-refractivity contribution in [1.29, 1.82) is 0 Å². The van der Waals surface area contributed by atoms with Crippen molar-refractivity contribution in [2.45, 2.75) is 52.0 Å². The first-order chi connectivity index (χ1) is 14.6. The first-order valence-corrected chi connectivity index (χ1v) is 11.2. The number of benzene rings is 2. The van der Waals surface area contributed by atoms with E-state index in [-0.39, 0.29) is 17.9 Å². The number of carbonyl (C=O) groups excluding carboxylic acids is 1. The molecule has 4 nitrogen and oxygen atoms in total. The highest BCUT2D eigenvalue weighted by molar-refractivity contribution is 5.91. The average molecular weight is 405 g/mol. The predicted molar refractivity (Wildman–Crippen MR) is 123 cm³/mol. The number of carbonyl (C=O) groups is 1. The molecule has 1 aromatic heterocycles.